The standard InChI is InChI=1S/C10H18F3NO2/c11-10(12,13)7-16-6-5-14-8-1-3-9(15)4-2-8/h8-9,14-15H,1-7H2. The van der Waals surface area contributed by atoms with Gasteiger partial charge in [0.05, 0.1) is 12.7 Å². The minimum Gasteiger partial charge on any atom is -0.393 e. The number of aliphatic hydroxyl groups is 1. The molecule has 16 heavy (non-hydrogen) atoms. The lowest BCUT2D eigenvalue weighted by atomic mass is 9.93. The first-order chi connectivity index (χ1) is 7.47. The second kappa shape index (κ2) is 6.42. The maximum atomic E-state index is 11.7. The molecule has 2 N–H and O–H groups in total. The van der Waals surface area contributed by atoms with Gasteiger partial charge in [0.2, 0.25) is 0 Å². The second-order valence-electron chi connectivity index (χ2n) is 4.13. The van der Waals surface area contributed by atoms with Gasteiger partial charge in [-0.15, -0.1) is 0 Å². The average molecular weight is 241 g/mol. The molecule has 1 aliphatic rings. The van der Waals surface area contributed by atoms with E-state index in [1.54, 1.807) is 0 Å². The molecule has 0 unspecified atom stereocenters. The molecule has 0 atom stereocenters. The zero-order valence-corrected chi connectivity index (χ0v) is 9.09. The minimum atomic E-state index is -4.24. The van der Waals surface area contributed by atoms with Crippen LogP contribution in [0.25, 0.3) is 0 Å². The van der Waals surface area contributed by atoms with E-state index in [1.807, 2.05) is 0 Å². The van der Waals surface area contributed by atoms with E-state index in [2.05, 4.69) is 10.1 Å². The van der Waals surface area contributed by atoms with Gasteiger partial charge in [-0.05, 0) is 25.7 Å². The monoisotopic (exact) mass is 241 g/mol. The summed E-state index contributed by atoms with van der Waals surface area (Å²) in [5, 5.41) is 12.4. The van der Waals surface area contributed by atoms with E-state index in [0.717, 1.165) is 25.7 Å². The van der Waals surface area contributed by atoms with Crippen LogP contribution in [0.15, 0.2) is 0 Å². The fourth-order valence-corrected chi connectivity index (χ4v) is 1.80. The van der Waals surface area contributed by atoms with Crippen LogP contribution in [-0.4, -0.2) is 43.2 Å². The van der Waals surface area contributed by atoms with Crippen LogP contribution in [0.2, 0.25) is 0 Å². The van der Waals surface area contributed by atoms with E-state index < -0.39 is 12.8 Å². The third kappa shape index (κ3) is 6.30. The SMILES string of the molecule is OC1CCC(NCCOCC(F)(F)F)CC1. The minimum absolute atomic E-state index is 0.0680. The van der Waals surface area contributed by atoms with Crippen molar-refractivity contribution in [3.05, 3.63) is 0 Å². The molecule has 0 aromatic heterocycles. The molecule has 0 aromatic rings. The molecule has 1 rings (SSSR count). The summed E-state index contributed by atoms with van der Waals surface area (Å²) in [5.41, 5.74) is 0. The summed E-state index contributed by atoms with van der Waals surface area (Å²) >= 11 is 0. The second-order valence-corrected chi connectivity index (χ2v) is 4.13. The highest BCUT2D eigenvalue weighted by Crippen LogP contribution is 2.18. The lowest BCUT2D eigenvalue weighted by Gasteiger charge is -2.26. The van der Waals surface area contributed by atoms with Crippen molar-refractivity contribution in [3.63, 3.8) is 0 Å². The Kier molecular flexibility index (Phi) is 5.51. The van der Waals surface area contributed by atoms with Crippen LogP contribution in [0.4, 0.5) is 13.2 Å². The van der Waals surface area contributed by atoms with Gasteiger partial charge in [0.1, 0.15) is 6.61 Å². The third-order valence-electron chi connectivity index (χ3n) is 2.64. The molecule has 1 fully saturated rings. The molecule has 0 radical (unpaired) electrons. The zero-order valence-electron chi connectivity index (χ0n) is 9.09. The van der Waals surface area contributed by atoms with Crippen molar-refractivity contribution in [1.29, 1.82) is 0 Å². The van der Waals surface area contributed by atoms with Crippen molar-refractivity contribution in [1.82, 2.24) is 5.32 Å². The molecular formula is C10H18F3NO2. The lowest BCUT2D eigenvalue weighted by Crippen LogP contribution is -2.36. The zero-order chi connectivity index (χ0) is 12.0. The predicted molar refractivity (Wildman–Crippen MR) is 53.1 cm³/mol. The molecular weight excluding hydrogens is 223 g/mol. The van der Waals surface area contributed by atoms with Crippen LogP contribution in [-0.2, 0) is 4.74 Å². The molecule has 0 saturated heterocycles. The Labute approximate surface area is 93.0 Å². The molecule has 1 aliphatic carbocycles. The highest BCUT2D eigenvalue weighted by atomic mass is 19.4. The molecule has 0 bridgehead atoms. The fourth-order valence-electron chi connectivity index (χ4n) is 1.80. The van der Waals surface area contributed by atoms with Crippen molar-refractivity contribution < 1.29 is 23.0 Å². The summed E-state index contributed by atoms with van der Waals surface area (Å²) in [5.74, 6) is 0. The number of hydrogen-bond donors (Lipinski definition) is 2. The lowest BCUT2D eigenvalue weighted by molar-refractivity contribution is -0.173. The van der Waals surface area contributed by atoms with Crippen molar-refractivity contribution in [2.24, 2.45) is 0 Å². The van der Waals surface area contributed by atoms with Gasteiger partial charge in [0, 0.05) is 12.6 Å². The number of nitrogens with one attached hydrogen (secondary N) is 1. The van der Waals surface area contributed by atoms with Gasteiger partial charge in [-0.2, -0.15) is 13.2 Å². The number of rotatable bonds is 5. The maximum absolute atomic E-state index is 11.7. The molecule has 1 saturated carbocycles. The first-order valence-electron chi connectivity index (χ1n) is 5.53. The predicted octanol–water partition coefficient (Wildman–Crippen LogP) is 1.46. The van der Waals surface area contributed by atoms with Crippen LogP contribution in [0.3, 0.4) is 0 Å². The Hall–Kier alpha value is -0.330. The first-order valence-corrected chi connectivity index (χ1v) is 5.53. The number of alkyl halides is 3. The quantitative estimate of drug-likeness (QED) is 0.716. The Morgan fingerprint density at radius 1 is 1.19 bits per heavy atom. The van der Waals surface area contributed by atoms with Crippen LogP contribution >= 0.6 is 0 Å². The average Bonchev–Trinajstić information content (AvgIpc) is 2.19. The van der Waals surface area contributed by atoms with Crippen molar-refractivity contribution in [3.8, 4) is 0 Å². The van der Waals surface area contributed by atoms with Crippen molar-refractivity contribution >= 4 is 0 Å². The van der Waals surface area contributed by atoms with E-state index in [4.69, 9.17) is 0 Å². The van der Waals surface area contributed by atoms with E-state index >= 15 is 0 Å². The molecule has 0 aromatic carbocycles. The molecule has 0 aliphatic heterocycles. The summed E-state index contributed by atoms with van der Waals surface area (Å²) in [6.45, 7) is -0.687. The summed E-state index contributed by atoms with van der Waals surface area (Å²) in [6, 6.07) is 0.304. The summed E-state index contributed by atoms with van der Waals surface area (Å²) in [6.07, 6.45) is -1.17. The van der Waals surface area contributed by atoms with E-state index in [9.17, 15) is 18.3 Å². The highest BCUT2D eigenvalue weighted by Gasteiger charge is 2.27. The van der Waals surface area contributed by atoms with Gasteiger partial charge in [0.25, 0.3) is 0 Å². The normalized spacial score (nSPS) is 27.0. The Bertz CT molecular complexity index is 191. The summed E-state index contributed by atoms with van der Waals surface area (Å²) in [4.78, 5) is 0. The van der Waals surface area contributed by atoms with Gasteiger partial charge in [-0.3, -0.25) is 0 Å². The van der Waals surface area contributed by atoms with E-state index in [1.165, 1.54) is 0 Å². The Morgan fingerprint density at radius 2 is 1.81 bits per heavy atom. The van der Waals surface area contributed by atoms with Gasteiger partial charge in [-0.25, -0.2) is 0 Å². The largest absolute Gasteiger partial charge is 0.411 e. The number of halogens is 3. The summed E-state index contributed by atoms with van der Waals surface area (Å²) in [7, 11) is 0. The van der Waals surface area contributed by atoms with Gasteiger partial charge < -0.3 is 15.2 Å². The van der Waals surface area contributed by atoms with Crippen LogP contribution in [0.1, 0.15) is 25.7 Å². The molecule has 3 nitrogen and oxygen atoms in total. The number of hydrogen-bond acceptors (Lipinski definition) is 3. The summed E-state index contributed by atoms with van der Waals surface area (Å²) < 4.78 is 39.6. The van der Waals surface area contributed by atoms with Gasteiger partial charge >= 0.3 is 6.18 Å². The fraction of sp³-hybridized carbons (Fsp3) is 1.00. The molecule has 0 heterocycles. The van der Waals surface area contributed by atoms with Gasteiger partial charge in [-0.1, -0.05) is 0 Å². The molecule has 6 heteroatoms. The molecule has 0 amide bonds. The number of ether oxygens (including phenoxy) is 1. The van der Waals surface area contributed by atoms with Crippen molar-refractivity contribution in [2.75, 3.05) is 19.8 Å². The number of aliphatic hydroxyl groups excluding tert-OH is 1. The topological polar surface area (TPSA) is 41.5 Å². The smallest absolute Gasteiger partial charge is 0.393 e. The van der Waals surface area contributed by atoms with Gasteiger partial charge in [0.15, 0.2) is 0 Å². The molecule has 96 valence electrons. The highest BCUT2D eigenvalue weighted by molar-refractivity contribution is 4.76. The van der Waals surface area contributed by atoms with E-state index in [-0.39, 0.29) is 12.7 Å². The maximum Gasteiger partial charge on any atom is 0.411 e. The van der Waals surface area contributed by atoms with Crippen LogP contribution in [0.5, 0.6) is 0 Å². The first kappa shape index (κ1) is 13.7. The Balaban J connectivity index is 1.95. The Morgan fingerprint density at radius 3 is 2.38 bits per heavy atom. The van der Waals surface area contributed by atoms with E-state index in [0.29, 0.717) is 12.6 Å². The van der Waals surface area contributed by atoms with Crippen LogP contribution < -0.4 is 5.32 Å². The third-order valence-corrected chi connectivity index (χ3v) is 2.64. The van der Waals surface area contributed by atoms with Crippen LogP contribution in [0, 0.1) is 0 Å². The molecule has 0 spiro atoms. The van der Waals surface area contributed by atoms with Crippen molar-refractivity contribution in [2.45, 2.75) is 44.0 Å².